The van der Waals surface area contributed by atoms with Crippen LogP contribution in [0.4, 0.5) is 0 Å². The Morgan fingerprint density at radius 2 is 2.00 bits per heavy atom. The van der Waals surface area contributed by atoms with Crippen LogP contribution in [-0.4, -0.2) is 62.4 Å². The summed E-state index contributed by atoms with van der Waals surface area (Å²) in [5.41, 5.74) is 1.47. The largest absolute Gasteiger partial charge is 0.504 e. The summed E-state index contributed by atoms with van der Waals surface area (Å²) in [5.74, 6) is 0.127. The Balaban J connectivity index is 1.95. The summed E-state index contributed by atoms with van der Waals surface area (Å²) < 4.78 is 10.6. The lowest BCUT2D eigenvalue weighted by molar-refractivity contribution is -0.137. The minimum Gasteiger partial charge on any atom is -0.504 e. The Morgan fingerprint density at radius 3 is 2.71 bits per heavy atom. The number of aromatic hydroxyl groups is 1. The molecule has 0 saturated carbocycles. The van der Waals surface area contributed by atoms with Crippen LogP contribution in [-0.2, 0) is 11.3 Å². The van der Waals surface area contributed by atoms with Crippen LogP contribution >= 0.6 is 0 Å². The van der Waals surface area contributed by atoms with Gasteiger partial charge in [0.2, 0.25) is 18.4 Å². The van der Waals surface area contributed by atoms with E-state index in [9.17, 15) is 25.2 Å². The molecule has 0 bridgehead atoms. The van der Waals surface area contributed by atoms with E-state index in [0.29, 0.717) is 22.4 Å². The van der Waals surface area contributed by atoms with E-state index in [0.717, 1.165) is 0 Å². The van der Waals surface area contributed by atoms with Crippen LogP contribution in [0.2, 0.25) is 0 Å². The zero-order valence-corrected chi connectivity index (χ0v) is 12.8. The van der Waals surface area contributed by atoms with Gasteiger partial charge >= 0.3 is 0 Å². The predicted octanol–water partition coefficient (Wildman–Crippen LogP) is -0.669. The van der Waals surface area contributed by atoms with Crippen molar-refractivity contribution in [3.8, 4) is 17.2 Å². The van der Waals surface area contributed by atoms with Crippen LogP contribution in [0, 0.1) is 0 Å². The van der Waals surface area contributed by atoms with E-state index in [4.69, 9.17) is 9.47 Å². The van der Waals surface area contributed by atoms with E-state index in [-0.39, 0.29) is 30.7 Å². The third-order valence-electron chi connectivity index (χ3n) is 4.81. The lowest BCUT2D eigenvalue weighted by atomic mass is 9.78. The van der Waals surface area contributed by atoms with E-state index in [1.54, 1.807) is 6.07 Å². The van der Waals surface area contributed by atoms with Gasteiger partial charge in [-0.25, -0.2) is 0 Å². The van der Waals surface area contributed by atoms with Crippen LogP contribution in [0.15, 0.2) is 12.1 Å². The number of phenolic OH excluding ortho intramolecular Hbond substituents is 1. The molecule has 8 nitrogen and oxygen atoms in total. The molecule has 2 heterocycles. The lowest BCUT2D eigenvalue weighted by Crippen LogP contribution is -2.57. The Morgan fingerprint density at radius 1 is 1.25 bits per heavy atom. The maximum Gasteiger partial charge on any atom is 0.231 e. The first kappa shape index (κ1) is 15.3. The quantitative estimate of drug-likeness (QED) is 0.496. The number of aliphatic hydroxyl groups is 3. The Labute approximate surface area is 137 Å². The Kier molecular flexibility index (Phi) is 3.24. The van der Waals surface area contributed by atoms with Gasteiger partial charge in [0.05, 0.1) is 12.6 Å². The number of hydrogen-bond acceptors (Lipinski definition) is 7. The number of carbonyl (C=O) groups is 1. The van der Waals surface area contributed by atoms with Gasteiger partial charge in [0.25, 0.3) is 0 Å². The second-order valence-corrected chi connectivity index (χ2v) is 6.17. The first-order valence-corrected chi connectivity index (χ1v) is 7.58. The molecule has 1 amide bonds. The molecule has 0 radical (unpaired) electrons. The Bertz CT molecular complexity index is 759. The summed E-state index contributed by atoms with van der Waals surface area (Å²) in [6, 6.07) is 0.846. The van der Waals surface area contributed by atoms with E-state index in [1.807, 2.05) is 0 Å². The predicted molar refractivity (Wildman–Crippen MR) is 80.2 cm³/mol. The van der Waals surface area contributed by atoms with Gasteiger partial charge in [-0.3, -0.25) is 4.79 Å². The lowest BCUT2D eigenvalue weighted by Gasteiger charge is -2.45. The SMILES string of the molecule is CC(=O)N1Cc2c(cc3c(c2O)OCO3)C2=C[C@H](O)[C@@H](O)[C@@H](O)[C@@H]21. The number of rotatable bonds is 0. The van der Waals surface area contributed by atoms with Gasteiger partial charge in [0, 0.05) is 12.5 Å². The molecule has 0 spiro atoms. The summed E-state index contributed by atoms with van der Waals surface area (Å²) in [6.07, 6.45) is -2.62. The minimum atomic E-state index is -1.40. The molecule has 2 aliphatic heterocycles. The molecule has 1 aromatic rings. The molecular formula is C16H17NO7. The number of nitrogens with zero attached hydrogens (tertiary/aromatic N) is 1. The minimum absolute atomic E-state index is 0.0192. The highest BCUT2D eigenvalue weighted by Gasteiger charge is 2.46. The molecule has 8 heteroatoms. The Hall–Kier alpha value is -2.29. The molecule has 24 heavy (non-hydrogen) atoms. The highest BCUT2D eigenvalue weighted by Crippen LogP contribution is 2.50. The van der Waals surface area contributed by atoms with Crippen LogP contribution in [0.3, 0.4) is 0 Å². The first-order valence-electron chi connectivity index (χ1n) is 7.58. The van der Waals surface area contributed by atoms with Crippen molar-refractivity contribution in [1.82, 2.24) is 4.90 Å². The van der Waals surface area contributed by atoms with E-state index < -0.39 is 24.4 Å². The van der Waals surface area contributed by atoms with Crippen LogP contribution in [0.1, 0.15) is 18.1 Å². The monoisotopic (exact) mass is 335 g/mol. The van der Waals surface area contributed by atoms with Gasteiger partial charge in [-0.1, -0.05) is 0 Å². The highest BCUT2D eigenvalue weighted by molar-refractivity contribution is 5.86. The zero-order chi connectivity index (χ0) is 17.2. The number of benzene rings is 1. The van der Waals surface area contributed by atoms with Gasteiger partial charge in [-0.05, 0) is 23.3 Å². The first-order chi connectivity index (χ1) is 11.4. The fraction of sp³-hybridized carbons (Fsp3) is 0.438. The standard InChI is InChI=1S/C16H17NO7/c1-6(18)17-4-9-7(3-11-16(13(9)20)24-5-23-11)8-2-10(19)14(21)15(22)12(8)17/h2-3,10,12,14-15,19-22H,4-5H2,1H3/t10-,12+,14+,15-/m0/s1. The zero-order valence-electron chi connectivity index (χ0n) is 12.8. The second kappa shape index (κ2) is 5.10. The molecule has 4 N–H and O–H groups in total. The van der Waals surface area contributed by atoms with Gasteiger partial charge in [0.15, 0.2) is 11.5 Å². The van der Waals surface area contributed by atoms with E-state index in [2.05, 4.69) is 0 Å². The molecular weight excluding hydrogens is 318 g/mol. The van der Waals surface area contributed by atoms with Crippen LogP contribution < -0.4 is 9.47 Å². The molecule has 0 fully saturated rings. The molecule has 0 aromatic heterocycles. The summed E-state index contributed by atoms with van der Waals surface area (Å²) in [6.45, 7) is 1.38. The molecule has 3 aliphatic rings. The van der Waals surface area contributed by atoms with Gasteiger partial charge in [0.1, 0.15) is 18.3 Å². The van der Waals surface area contributed by atoms with Gasteiger partial charge < -0.3 is 34.8 Å². The number of amides is 1. The number of phenols is 1. The maximum atomic E-state index is 12.0. The number of fused-ring (bicyclic) bond motifs is 4. The van der Waals surface area contributed by atoms with Crippen molar-refractivity contribution in [3.63, 3.8) is 0 Å². The topological polar surface area (TPSA) is 120 Å². The van der Waals surface area contributed by atoms with Crippen molar-refractivity contribution in [2.45, 2.75) is 37.8 Å². The van der Waals surface area contributed by atoms with Crippen LogP contribution in [0.25, 0.3) is 5.57 Å². The molecule has 128 valence electrons. The van der Waals surface area contributed by atoms with Crippen molar-refractivity contribution >= 4 is 11.5 Å². The van der Waals surface area contributed by atoms with Crippen molar-refractivity contribution in [2.75, 3.05) is 6.79 Å². The molecule has 1 aliphatic carbocycles. The summed E-state index contributed by atoms with van der Waals surface area (Å²) >= 11 is 0. The fourth-order valence-electron chi connectivity index (χ4n) is 3.61. The number of carbonyl (C=O) groups excluding carboxylic acids is 1. The van der Waals surface area contributed by atoms with Crippen LogP contribution in [0.5, 0.6) is 17.2 Å². The summed E-state index contributed by atoms with van der Waals surface area (Å²) in [5, 5.41) is 40.8. The van der Waals surface area contributed by atoms with Gasteiger partial charge in [-0.15, -0.1) is 0 Å². The van der Waals surface area contributed by atoms with E-state index >= 15 is 0 Å². The van der Waals surface area contributed by atoms with Crippen molar-refractivity contribution in [1.29, 1.82) is 0 Å². The third-order valence-corrected chi connectivity index (χ3v) is 4.81. The smallest absolute Gasteiger partial charge is 0.231 e. The average molecular weight is 335 g/mol. The van der Waals surface area contributed by atoms with Crippen molar-refractivity contribution in [3.05, 3.63) is 23.3 Å². The molecule has 0 saturated heterocycles. The average Bonchev–Trinajstić information content (AvgIpc) is 3.01. The molecule has 1 aromatic carbocycles. The van der Waals surface area contributed by atoms with Crippen molar-refractivity contribution in [2.24, 2.45) is 0 Å². The second-order valence-electron chi connectivity index (χ2n) is 6.17. The molecule has 4 rings (SSSR count). The van der Waals surface area contributed by atoms with Gasteiger partial charge in [-0.2, -0.15) is 0 Å². The highest BCUT2D eigenvalue weighted by atomic mass is 16.7. The summed E-state index contributed by atoms with van der Waals surface area (Å²) in [7, 11) is 0. The summed E-state index contributed by atoms with van der Waals surface area (Å²) in [4.78, 5) is 13.4. The number of hydrogen-bond donors (Lipinski definition) is 4. The third kappa shape index (κ3) is 1.94. The normalized spacial score (nSPS) is 30.5. The number of aliphatic hydroxyl groups excluding tert-OH is 3. The van der Waals surface area contributed by atoms with Crippen molar-refractivity contribution < 1.29 is 34.7 Å². The fourth-order valence-corrected chi connectivity index (χ4v) is 3.61. The number of ether oxygens (including phenoxy) is 2. The molecule has 4 atom stereocenters. The molecule has 0 unspecified atom stereocenters. The van der Waals surface area contributed by atoms with E-state index in [1.165, 1.54) is 17.9 Å². The maximum absolute atomic E-state index is 12.0.